The Hall–Kier alpha value is -2.22. The van der Waals surface area contributed by atoms with Crippen molar-refractivity contribution < 1.29 is 9.53 Å². The van der Waals surface area contributed by atoms with Crippen molar-refractivity contribution in [2.75, 3.05) is 12.3 Å². The zero-order valence-electron chi connectivity index (χ0n) is 13.4. The van der Waals surface area contributed by atoms with Crippen LogP contribution >= 0.6 is 0 Å². The topological polar surface area (TPSA) is 79.3 Å². The average molecular weight is 301 g/mol. The smallest absolute Gasteiger partial charge is 0.410 e. The van der Waals surface area contributed by atoms with Crippen molar-refractivity contribution in [3.63, 3.8) is 0 Å². The summed E-state index contributed by atoms with van der Waals surface area (Å²) in [5.41, 5.74) is 7.16. The van der Waals surface area contributed by atoms with Crippen LogP contribution in [0.5, 0.6) is 0 Å². The van der Waals surface area contributed by atoms with Crippen molar-refractivity contribution in [2.24, 2.45) is 0 Å². The van der Waals surface area contributed by atoms with E-state index in [1.165, 1.54) is 0 Å². The minimum atomic E-state index is -0.530. The average Bonchev–Trinajstić information content (AvgIpc) is 2.45. The van der Waals surface area contributed by atoms with Crippen LogP contribution in [0, 0.1) is 11.3 Å². The van der Waals surface area contributed by atoms with Crippen molar-refractivity contribution in [2.45, 2.75) is 51.7 Å². The number of anilines is 1. The number of likely N-dealkylation sites (tertiary alicyclic amines) is 1. The lowest BCUT2D eigenvalue weighted by Crippen LogP contribution is -2.42. The molecule has 1 saturated heterocycles. The number of hydrogen-bond acceptors (Lipinski definition) is 4. The zero-order chi connectivity index (χ0) is 16.3. The van der Waals surface area contributed by atoms with E-state index in [9.17, 15) is 10.1 Å². The van der Waals surface area contributed by atoms with Gasteiger partial charge in [0.2, 0.25) is 0 Å². The van der Waals surface area contributed by atoms with Gasteiger partial charge in [0.15, 0.2) is 0 Å². The van der Waals surface area contributed by atoms with Gasteiger partial charge < -0.3 is 15.4 Å². The van der Waals surface area contributed by atoms with Gasteiger partial charge in [-0.15, -0.1) is 0 Å². The van der Waals surface area contributed by atoms with Gasteiger partial charge in [-0.2, -0.15) is 5.26 Å². The molecule has 1 aliphatic heterocycles. The Balaban J connectivity index is 2.31. The Morgan fingerprint density at radius 2 is 2.14 bits per heavy atom. The lowest BCUT2D eigenvalue weighted by atomic mass is 9.92. The van der Waals surface area contributed by atoms with E-state index in [2.05, 4.69) is 6.07 Å². The molecule has 1 aromatic carbocycles. The molecule has 118 valence electrons. The summed E-state index contributed by atoms with van der Waals surface area (Å²) in [7, 11) is 0. The standard InChI is InChI=1S/C17H23N3O2/c1-17(2,3)22-16(21)20-9-5-4-6-15(20)14-8-7-13(19)10-12(14)11-18/h7-8,10,15H,4-6,9,19H2,1-3H3. The Morgan fingerprint density at radius 3 is 2.77 bits per heavy atom. The van der Waals surface area contributed by atoms with Crippen LogP contribution < -0.4 is 5.73 Å². The molecule has 1 amide bonds. The van der Waals surface area contributed by atoms with Gasteiger partial charge in [0.05, 0.1) is 17.7 Å². The number of carbonyl (C=O) groups is 1. The fourth-order valence-electron chi connectivity index (χ4n) is 2.76. The van der Waals surface area contributed by atoms with Crippen LogP contribution in [0.2, 0.25) is 0 Å². The molecule has 0 aliphatic carbocycles. The normalized spacial score (nSPS) is 18.6. The zero-order valence-corrected chi connectivity index (χ0v) is 13.4. The molecule has 0 aromatic heterocycles. The lowest BCUT2D eigenvalue weighted by molar-refractivity contribution is 0.00949. The summed E-state index contributed by atoms with van der Waals surface area (Å²) in [5.74, 6) is 0. The molecule has 1 unspecified atom stereocenters. The molecule has 2 rings (SSSR count). The third kappa shape index (κ3) is 3.70. The van der Waals surface area contributed by atoms with Crippen molar-refractivity contribution in [3.8, 4) is 6.07 Å². The Kier molecular flexibility index (Phi) is 4.60. The van der Waals surface area contributed by atoms with E-state index in [-0.39, 0.29) is 12.1 Å². The van der Waals surface area contributed by atoms with E-state index in [4.69, 9.17) is 10.5 Å². The Morgan fingerprint density at radius 1 is 1.41 bits per heavy atom. The first-order chi connectivity index (χ1) is 10.3. The molecule has 0 bridgehead atoms. The second-order valence-electron chi connectivity index (χ2n) is 6.64. The number of hydrogen-bond donors (Lipinski definition) is 1. The minimum Gasteiger partial charge on any atom is -0.444 e. The van der Waals surface area contributed by atoms with Crippen LogP contribution in [0.3, 0.4) is 0 Å². The predicted octanol–water partition coefficient (Wildman–Crippen LogP) is 3.60. The number of benzene rings is 1. The van der Waals surface area contributed by atoms with E-state index >= 15 is 0 Å². The van der Waals surface area contributed by atoms with E-state index < -0.39 is 5.60 Å². The summed E-state index contributed by atoms with van der Waals surface area (Å²) in [6.45, 7) is 6.21. The minimum absolute atomic E-state index is 0.126. The summed E-state index contributed by atoms with van der Waals surface area (Å²) in [6.07, 6.45) is 2.49. The van der Waals surface area contributed by atoms with Gasteiger partial charge in [-0.25, -0.2) is 4.79 Å². The third-order valence-corrected chi connectivity index (χ3v) is 3.69. The summed E-state index contributed by atoms with van der Waals surface area (Å²) < 4.78 is 5.51. The third-order valence-electron chi connectivity index (χ3n) is 3.69. The summed E-state index contributed by atoms with van der Waals surface area (Å²) >= 11 is 0. The summed E-state index contributed by atoms with van der Waals surface area (Å²) in [4.78, 5) is 14.2. The number of carbonyl (C=O) groups excluding carboxylic acids is 1. The van der Waals surface area contributed by atoms with Gasteiger partial charge in [0, 0.05) is 12.2 Å². The van der Waals surface area contributed by atoms with Gasteiger partial charge in [-0.05, 0) is 57.7 Å². The van der Waals surface area contributed by atoms with E-state index in [0.29, 0.717) is 17.8 Å². The molecule has 1 heterocycles. The maximum atomic E-state index is 12.5. The summed E-state index contributed by atoms with van der Waals surface area (Å²) in [5, 5.41) is 9.34. The number of piperidine rings is 1. The molecular weight excluding hydrogens is 278 g/mol. The highest BCUT2D eigenvalue weighted by atomic mass is 16.6. The molecule has 5 nitrogen and oxygen atoms in total. The number of nitrogen functional groups attached to an aromatic ring is 1. The first-order valence-electron chi connectivity index (χ1n) is 7.61. The van der Waals surface area contributed by atoms with Crippen LogP contribution in [-0.4, -0.2) is 23.1 Å². The molecule has 2 N–H and O–H groups in total. The molecule has 1 atom stereocenters. The quantitative estimate of drug-likeness (QED) is 0.804. The molecule has 5 heteroatoms. The van der Waals surface area contributed by atoms with E-state index in [1.807, 2.05) is 26.8 Å². The monoisotopic (exact) mass is 301 g/mol. The molecule has 0 spiro atoms. The first-order valence-corrected chi connectivity index (χ1v) is 7.61. The number of rotatable bonds is 1. The van der Waals surface area contributed by atoms with Gasteiger partial charge in [-0.3, -0.25) is 0 Å². The van der Waals surface area contributed by atoms with Gasteiger partial charge >= 0.3 is 6.09 Å². The highest BCUT2D eigenvalue weighted by Gasteiger charge is 2.32. The van der Waals surface area contributed by atoms with Crippen molar-refractivity contribution in [1.29, 1.82) is 5.26 Å². The largest absolute Gasteiger partial charge is 0.444 e. The van der Waals surface area contributed by atoms with E-state index in [0.717, 1.165) is 24.8 Å². The Bertz CT molecular complexity index is 599. The predicted molar refractivity (Wildman–Crippen MR) is 85.1 cm³/mol. The highest BCUT2D eigenvalue weighted by Crippen LogP contribution is 2.34. The Labute approximate surface area is 131 Å². The van der Waals surface area contributed by atoms with Crippen LogP contribution in [-0.2, 0) is 4.74 Å². The molecule has 0 radical (unpaired) electrons. The number of nitriles is 1. The molecule has 1 fully saturated rings. The molecule has 1 aliphatic rings. The molecule has 22 heavy (non-hydrogen) atoms. The second-order valence-corrected chi connectivity index (χ2v) is 6.64. The highest BCUT2D eigenvalue weighted by molar-refractivity contribution is 5.69. The van der Waals surface area contributed by atoms with Gasteiger partial charge in [0.25, 0.3) is 0 Å². The second kappa shape index (κ2) is 6.27. The van der Waals surface area contributed by atoms with Crippen molar-refractivity contribution in [3.05, 3.63) is 29.3 Å². The molecule has 1 aromatic rings. The summed E-state index contributed by atoms with van der Waals surface area (Å²) in [6, 6.07) is 7.34. The van der Waals surface area contributed by atoms with Crippen molar-refractivity contribution in [1.82, 2.24) is 4.90 Å². The van der Waals surface area contributed by atoms with Crippen LogP contribution in [0.25, 0.3) is 0 Å². The van der Waals surface area contributed by atoms with Crippen molar-refractivity contribution >= 4 is 11.8 Å². The fourth-order valence-corrected chi connectivity index (χ4v) is 2.76. The number of nitrogens with zero attached hydrogens (tertiary/aromatic N) is 2. The van der Waals surface area contributed by atoms with Gasteiger partial charge in [-0.1, -0.05) is 6.07 Å². The number of nitrogens with two attached hydrogens (primary N) is 1. The van der Waals surface area contributed by atoms with Crippen LogP contribution in [0.1, 0.15) is 57.2 Å². The molecule has 0 saturated carbocycles. The maximum Gasteiger partial charge on any atom is 0.410 e. The number of ether oxygens (including phenoxy) is 1. The molecular formula is C17H23N3O2. The SMILES string of the molecule is CC(C)(C)OC(=O)N1CCCCC1c1ccc(N)cc1C#N. The fraction of sp³-hybridized carbons (Fsp3) is 0.529. The first kappa shape index (κ1) is 16.2. The van der Waals surface area contributed by atoms with E-state index in [1.54, 1.807) is 17.0 Å². The van der Waals surface area contributed by atoms with Gasteiger partial charge in [0.1, 0.15) is 5.60 Å². The van der Waals surface area contributed by atoms with Crippen LogP contribution in [0.15, 0.2) is 18.2 Å². The number of amides is 1. The van der Waals surface area contributed by atoms with Crippen LogP contribution in [0.4, 0.5) is 10.5 Å². The maximum absolute atomic E-state index is 12.5. The lowest BCUT2D eigenvalue weighted by Gasteiger charge is -2.37.